The smallest absolute Gasteiger partial charge is 0.338 e. The Morgan fingerprint density at radius 3 is 2.03 bits per heavy atom. The highest BCUT2D eigenvalue weighted by molar-refractivity contribution is 5.95. The van der Waals surface area contributed by atoms with Crippen molar-refractivity contribution < 1.29 is 63.3 Å². The Kier molecular flexibility index (Phi) is 11.4. The minimum Gasteiger partial charge on any atom is -0.458 e. The van der Waals surface area contributed by atoms with E-state index >= 15 is 0 Å². The summed E-state index contributed by atoms with van der Waals surface area (Å²) in [7, 11) is 0. The number of aliphatic hydroxyl groups is 4. The molecule has 0 radical (unpaired) electrons. The average Bonchev–Trinajstić information content (AvgIpc) is 3.21. The van der Waals surface area contributed by atoms with Crippen LogP contribution >= 0.6 is 0 Å². The van der Waals surface area contributed by atoms with E-state index in [1.807, 2.05) is 0 Å². The van der Waals surface area contributed by atoms with E-state index in [9.17, 15) is 44.4 Å². The van der Waals surface area contributed by atoms with E-state index in [2.05, 4.69) is 5.32 Å². The zero-order valence-corrected chi connectivity index (χ0v) is 34.1. The Labute approximate surface area is 347 Å². The number of nitrogens with one attached hydrogen (secondary N) is 1. The number of carbonyl (C=O) groups is 5. The average molecular weight is 826 g/mol. The molecule has 2 bridgehead atoms. The van der Waals surface area contributed by atoms with Gasteiger partial charge in [-0.1, -0.05) is 80.6 Å². The van der Waals surface area contributed by atoms with Crippen molar-refractivity contribution in [2.24, 2.45) is 16.7 Å². The second-order valence-electron chi connectivity index (χ2n) is 17.1. The molecule has 3 aromatic carbocycles. The van der Waals surface area contributed by atoms with Gasteiger partial charge in [0.25, 0.3) is 5.91 Å². The first-order chi connectivity index (χ1) is 28.4. The van der Waals surface area contributed by atoms with Gasteiger partial charge in [-0.05, 0) is 54.8 Å². The van der Waals surface area contributed by atoms with Crippen LogP contribution in [0.5, 0.6) is 0 Å². The maximum atomic E-state index is 15.0. The molecule has 1 amide bonds. The standard InChI is InChI=1S/C46H51NO13/c1-25-31(58-34(51)21-30(49)36(27-15-9-6-10-16-27)47-41(54)28-17-11-7-12-18-28)23-46(56)40(59-42(55)29-19-13-8-14-20-29)38-44(5,39(53)37(52)35(25)43(46,3)4)32(50)22-33-45(38,24-57-33)60-26(2)48/h6-20,30-33,36-38,40,49-50,52,56H,21-24H2,1-5H3,(H,47,54)/t30-,31+,32+,33-,36+,37-,38+,40+,44-,45+,46-/m1/s1. The van der Waals surface area contributed by atoms with Crippen LogP contribution in [-0.2, 0) is 33.3 Å². The van der Waals surface area contributed by atoms with Crippen molar-refractivity contribution in [1.82, 2.24) is 5.32 Å². The lowest BCUT2D eigenvalue weighted by Crippen LogP contribution is -2.81. The zero-order valence-electron chi connectivity index (χ0n) is 34.1. The number of amides is 1. The molecule has 1 heterocycles. The van der Waals surface area contributed by atoms with Gasteiger partial charge in [0.05, 0.1) is 48.2 Å². The summed E-state index contributed by atoms with van der Waals surface area (Å²) in [5.74, 6) is -5.46. The van der Waals surface area contributed by atoms with Crippen LogP contribution in [0.4, 0.5) is 0 Å². The van der Waals surface area contributed by atoms with Crippen LogP contribution < -0.4 is 5.32 Å². The maximum Gasteiger partial charge on any atom is 0.338 e. The predicted octanol–water partition coefficient (Wildman–Crippen LogP) is 3.56. The lowest BCUT2D eigenvalue weighted by Gasteiger charge is -2.67. The molecule has 318 valence electrons. The molecule has 2 saturated carbocycles. The number of fused-ring (bicyclic) bond motifs is 5. The Balaban J connectivity index is 1.29. The molecule has 1 aliphatic heterocycles. The number of esters is 3. The van der Waals surface area contributed by atoms with Crippen LogP contribution in [0.3, 0.4) is 0 Å². The molecule has 0 aromatic heterocycles. The van der Waals surface area contributed by atoms with Crippen molar-refractivity contribution in [2.75, 3.05) is 6.61 Å². The van der Waals surface area contributed by atoms with Gasteiger partial charge in [0, 0.05) is 30.7 Å². The summed E-state index contributed by atoms with van der Waals surface area (Å²) in [6.07, 6.45) is -10.4. The second kappa shape index (κ2) is 16.0. The minimum atomic E-state index is -2.30. The number of rotatable bonds is 10. The van der Waals surface area contributed by atoms with Crippen molar-refractivity contribution >= 4 is 29.6 Å². The molecule has 0 unspecified atom stereocenters. The highest BCUT2D eigenvalue weighted by Gasteiger charge is 2.78. The molecule has 14 nitrogen and oxygen atoms in total. The number of ketones is 1. The number of hydrogen-bond acceptors (Lipinski definition) is 13. The van der Waals surface area contributed by atoms with E-state index in [1.165, 1.54) is 26.0 Å². The Hall–Kier alpha value is -5.25. The van der Waals surface area contributed by atoms with Gasteiger partial charge >= 0.3 is 17.9 Å². The number of carbonyl (C=O) groups excluding carboxylic acids is 5. The molecule has 11 atom stereocenters. The van der Waals surface area contributed by atoms with Gasteiger partial charge in [-0.2, -0.15) is 0 Å². The third-order valence-electron chi connectivity index (χ3n) is 13.4. The monoisotopic (exact) mass is 825 g/mol. The summed E-state index contributed by atoms with van der Waals surface area (Å²) in [5.41, 5.74) is -6.44. The first-order valence-electron chi connectivity index (χ1n) is 20.1. The summed E-state index contributed by atoms with van der Waals surface area (Å²) in [6, 6.07) is 23.8. The highest BCUT2D eigenvalue weighted by Crippen LogP contribution is 2.64. The van der Waals surface area contributed by atoms with Gasteiger partial charge in [-0.15, -0.1) is 0 Å². The van der Waals surface area contributed by atoms with E-state index in [-0.39, 0.29) is 29.7 Å². The summed E-state index contributed by atoms with van der Waals surface area (Å²) in [5, 5.41) is 51.9. The molecule has 7 rings (SSSR count). The first kappa shape index (κ1) is 42.9. The molecule has 4 aliphatic rings. The van der Waals surface area contributed by atoms with Crippen LogP contribution in [0.25, 0.3) is 0 Å². The molecule has 1 saturated heterocycles. The summed E-state index contributed by atoms with van der Waals surface area (Å²) in [6.45, 7) is 6.99. The fourth-order valence-electron chi connectivity index (χ4n) is 10.1. The Morgan fingerprint density at radius 2 is 1.47 bits per heavy atom. The zero-order chi connectivity index (χ0) is 43.4. The van der Waals surface area contributed by atoms with Crippen molar-refractivity contribution in [3.63, 3.8) is 0 Å². The highest BCUT2D eigenvalue weighted by atomic mass is 16.6. The van der Waals surface area contributed by atoms with Crippen molar-refractivity contribution in [2.45, 2.75) is 108 Å². The summed E-state index contributed by atoms with van der Waals surface area (Å²) in [4.78, 5) is 69.2. The number of hydrogen-bond donors (Lipinski definition) is 5. The van der Waals surface area contributed by atoms with Crippen LogP contribution in [0.15, 0.2) is 102 Å². The van der Waals surface area contributed by atoms with E-state index in [0.717, 1.165) is 0 Å². The molecule has 14 heteroatoms. The number of ether oxygens (including phenoxy) is 4. The van der Waals surface area contributed by atoms with Gasteiger partial charge < -0.3 is 44.7 Å². The van der Waals surface area contributed by atoms with Crippen molar-refractivity contribution in [3.05, 3.63) is 119 Å². The normalized spacial score (nSPS) is 32.6. The van der Waals surface area contributed by atoms with Crippen LogP contribution in [-0.4, -0.2) is 104 Å². The van der Waals surface area contributed by atoms with Crippen LogP contribution in [0, 0.1) is 16.7 Å². The number of benzene rings is 3. The first-order valence-corrected chi connectivity index (χ1v) is 20.1. The van der Waals surface area contributed by atoms with Crippen molar-refractivity contribution in [1.29, 1.82) is 0 Å². The predicted molar refractivity (Wildman–Crippen MR) is 213 cm³/mol. The lowest BCUT2D eigenvalue weighted by atomic mass is 9.44. The molecule has 60 heavy (non-hydrogen) atoms. The number of Topliss-reactive ketones (excluding diaryl/α,β-unsaturated/α-hetero) is 1. The molecule has 3 aliphatic carbocycles. The van der Waals surface area contributed by atoms with E-state index in [1.54, 1.807) is 99.6 Å². The molecule has 5 N–H and O–H groups in total. The summed E-state index contributed by atoms with van der Waals surface area (Å²) < 4.78 is 24.2. The molecule has 0 spiro atoms. The van der Waals surface area contributed by atoms with Crippen LogP contribution in [0.2, 0.25) is 0 Å². The Bertz CT molecular complexity index is 2180. The molecular formula is C46H51NO13. The fourth-order valence-corrected chi connectivity index (χ4v) is 10.1. The lowest BCUT2D eigenvalue weighted by molar-refractivity contribution is -0.346. The van der Waals surface area contributed by atoms with E-state index in [0.29, 0.717) is 11.1 Å². The number of aliphatic hydroxyl groups excluding tert-OH is 3. The molecule has 3 aromatic rings. The van der Waals surface area contributed by atoms with E-state index in [4.69, 9.17) is 18.9 Å². The molecular weight excluding hydrogens is 774 g/mol. The largest absolute Gasteiger partial charge is 0.458 e. The van der Waals surface area contributed by atoms with E-state index < -0.39 is 113 Å². The second-order valence-corrected chi connectivity index (χ2v) is 17.1. The quantitative estimate of drug-likeness (QED) is 0.113. The Morgan fingerprint density at radius 1 is 0.883 bits per heavy atom. The summed E-state index contributed by atoms with van der Waals surface area (Å²) >= 11 is 0. The van der Waals surface area contributed by atoms with Gasteiger partial charge in [0.15, 0.2) is 11.4 Å². The minimum absolute atomic E-state index is 0.0157. The topological polar surface area (TPSA) is 215 Å². The third kappa shape index (κ3) is 7.03. The van der Waals surface area contributed by atoms with Gasteiger partial charge in [0.2, 0.25) is 0 Å². The van der Waals surface area contributed by atoms with Crippen molar-refractivity contribution in [3.8, 4) is 0 Å². The van der Waals surface area contributed by atoms with Crippen LogP contribution in [0.1, 0.15) is 86.2 Å². The SMILES string of the molecule is CC(=O)O[C@@]12CO[C@@H]1C[C@H](O)[C@@]1(C)C(=O)[C@H](O)C3=C(C)[C@@H](OC(=O)C[C@@H](O)[C@@H](NC(=O)c4ccccc4)c4ccccc4)C[C@@](O)([C@@H](OC(=O)c4ccccc4)[C@H]21)C3(C)C. The fraction of sp³-hybridized carbons (Fsp3) is 0.457. The maximum absolute atomic E-state index is 15.0. The third-order valence-corrected chi connectivity index (χ3v) is 13.4. The van der Waals surface area contributed by atoms with Gasteiger partial charge in [-0.25, -0.2) is 4.79 Å². The van der Waals surface area contributed by atoms with Gasteiger partial charge in [0.1, 0.15) is 30.0 Å². The van der Waals surface area contributed by atoms with Gasteiger partial charge in [-0.3, -0.25) is 19.2 Å². The molecule has 3 fully saturated rings.